The van der Waals surface area contributed by atoms with Crippen molar-refractivity contribution in [2.45, 2.75) is 39.7 Å². The Morgan fingerprint density at radius 1 is 1.04 bits per heavy atom. The van der Waals surface area contributed by atoms with Crippen LogP contribution in [0.3, 0.4) is 0 Å². The number of aromatic nitrogens is 4. The van der Waals surface area contributed by atoms with Crippen LogP contribution in [0.5, 0.6) is 0 Å². The normalized spacial score (nSPS) is 12.0. The average Bonchev–Trinajstić information content (AvgIpc) is 3.17. The van der Waals surface area contributed by atoms with Gasteiger partial charge < -0.3 is 5.32 Å². The van der Waals surface area contributed by atoms with Crippen molar-refractivity contribution in [2.24, 2.45) is 0 Å². The number of carbonyl (C=O) groups is 2. The quantitative estimate of drug-likeness (QED) is 0.659. The Morgan fingerprint density at radius 2 is 1.75 bits per heavy atom. The van der Waals surface area contributed by atoms with Crippen LogP contribution in [0.15, 0.2) is 48.5 Å². The van der Waals surface area contributed by atoms with E-state index in [1.165, 1.54) is 17.3 Å². The van der Waals surface area contributed by atoms with Gasteiger partial charge in [-0.25, -0.2) is 0 Å². The third kappa shape index (κ3) is 4.31. The van der Waals surface area contributed by atoms with Gasteiger partial charge in [0.2, 0.25) is 5.82 Å². The molecule has 1 N–H and O–H groups in total. The number of rotatable bonds is 6. The fraction of sp³-hybridized carbons (Fsp3) is 0.286. The highest BCUT2D eigenvalue weighted by molar-refractivity contribution is 5.97. The summed E-state index contributed by atoms with van der Waals surface area (Å²) in [7, 11) is 0. The minimum atomic E-state index is -0.655. The molecule has 1 amide bonds. The van der Waals surface area contributed by atoms with Crippen LogP contribution in [0.2, 0.25) is 0 Å². The summed E-state index contributed by atoms with van der Waals surface area (Å²) in [6, 6.07) is 14.1. The molecule has 0 unspecified atom stereocenters. The van der Waals surface area contributed by atoms with E-state index in [0.29, 0.717) is 23.0 Å². The standard InChI is InChI=1S/C21H23N5O2/c1-13(2)16-8-10-17(11-9-16)20-23-25-26(24-20)14(3)21(28)22-19-7-5-6-18(12-19)15(4)27/h5-14H,1-4H3,(H,22,28)/t14-/m0/s1. The van der Waals surface area contributed by atoms with Gasteiger partial charge in [-0.1, -0.05) is 50.2 Å². The van der Waals surface area contributed by atoms with E-state index in [-0.39, 0.29) is 11.7 Å². The number of nitrogens with one attached hydrogen (secondary N) is 1. The summed E-state index contributed by atoms with van der Waals surface area (Å²) in [5.41, 5.74) is 3.17. The van der Waals surface area contributed by atoms with E-state index in [4.69, 9.17) is 0 Å². The minimum absolute atomic E-state index is 0.0600. The second-order valence-electron chi connectivity index (χ2n) is 7.01. The highest BCUT2D eigenvalue weighted by Gasteiger charge is 2.19. The van der Waals surface area contributed by atoms with Gasteiger partial charge in [0.1, 0.15) is 6.04 Å². The monoisotopic (exact) mass is 377 g/mol. The third-order valence-electron chi connectivity index (χ3n) is 4.53. The lowest BCUT2D eigenvalue weighted by atomic mass is 10.0. The maximum atomic E-state index is 12.5. The molecule has 2 aromatic carbocycles. The maximum Gasteiger partial charge on any atom is 0.250 e. The summed E-state index contributed by atoms with van der Waals surface area (Å²) < 4.78 is 0. The number of ketones is 1. The molecule has 1 aromatic heterocycles. The predicted molar refractivity (Wildman–Crippen MR) is 107 cm³/mol. The minimum Gasteiger partial charge on any atom is -0.324 e. The summed E-state index contributed by atoms with van der Waals surface area (Å²) in [6.07, 6.45) is 0. The van der Waals surface area contributed by atoms with Crippen molar-refractivity contribution in [3.63, 3.8) is 0 Å². The number of Topliss-reactive ketones (excluding diaryl/α,β-unsaturated/α-hetero) is 1. The molecule has 0 saturated carbocycles. The second-order valence-corrected chi connectivity index (χ2v) is 7.01. The van der Waals surface area contributed by atoms with Gasteiger partial charge in [0, 0.05) is 16.8 Å². The fourth-order valence-corrected chi connectivity index (χ4v) is 2.69. The van der Waals surface area contributed by atoms with Crippen molar-refractivity contribution in [3.8, 4) is 11.4 Å². The van der Waals surface area contributed by atoms with E-state index < -0.39 is 6.04 Å². The zero-order valence-corrected chi connectivity index (χ0v) is 16.4. The summed E-state index contributed by atoms with van der Waals surface area (Å²) in [5.74, 6) is 0.562. The highest BCUT2D eigenvalue weighted by atomic mass is 16.2. The fourth-order valence-electron chi connectivity index (χ4n) is 2.69. The van der Waals surface area contributed by atoms with Crippen LogP contribution in [-0.4, -0.2) is 31.9 Å². The van der Waals surface area contributed by atoms with Crippen molar-refractivity contribution in [2.75, 3.05) is 5.32 Å². The molecule has 0 aliphatic heterocycles. The molecule has 0 fully saturated rings. The van der Waals surface area contributed by atoms with Gasteiger partial charge in [0.25, 0.3) is 5.91 Å². The summed E-state index contributed by atoms with van der Waals surface area (Å²) in [4.78, 5) is 25.3. The second kappa shape index (κ2) is 8.12. The zero-order chi connectivity index (χ0) is 20.3. The molecule has 7 heteroatoms. The topological polar surface area (TPSA) is 89.8 Å². The number of amides is 1. The Balaban J connectivity index is 1.72. The van der Waals surface area contributed by atoms with E-state index in [1.54, 1.807) is 31.2 Å². The molecule has 3 rings (SSSR count). The van der Waals surface area contributed by atoms with Gasteiger partial charge in [0.05, 0.1) is 0 Å². The van der Waals surface area contributed by atoms with E-state index >= 15 is 0 Å². The lowest BCUT2D eigenvalue weighted by Crippen LogP contribution is -2.25. The van der Waals surface area contributed by atoms with Gasteiger partial charge >= 0.3 is 0 Å². The number of nitrogens with zero attached hydrogens (tertiary/aromatic N) is 4. The summed E-state index contributed by atoms with van der Waals surface area (Å²) in [5, 5.41) is 15.2. The molecule has 28 heavy (non-hydrogen) atoms. The van der Waals surface area contributed by atoms with E-state index in [9.17, 15) is 9.59 Å². The lowest BCUT2D eigenvalue weighted by molar-refractivity contribution is -0.119. The Labute approximate surface area is 163 Å². The van der Waals surface area contributed by atoms with Crippen LogP contribution in [-0.2, 0) is 4.79 Å². The number of benzene rings is 2. The zero-order valence-electron chi connectivity index (χ0n) is 16.4. The van der Waals surface area contributed by atoms with Crippen LogP contribution in [0.25, 0.3) is 11.4 Å². The van der Waals surface area contributed by atoms with Crippen LogP contribution in [0.1, 0.15) is 55.6 Å². The number of hydrogen-bond acceptors (Lipinski definition) is 5. The van der Waals surface area contributed by atoms with Crippen molar-refractivity contribution in [1.82, 2.24) is 20.2 Å². The van der Waals surface area contributed by atoms with Crippen molar-refractivity contribution in [3.05, 3.63) is 59.7 Å². The largest absolute Gasteiger partial charge is 0.324 e. The smallest absolute Gasteiger partial charge is 0.250 e. The Hall–Kier alpha value is -3.35. The Bertz CT molecular complexity index is 992. The molecule has 7 nitrogen and oxygen atoms in total. The molecule has 3 aromatic rings. The van der Waals surface area contributed by atoms with Crippen LogP contribution in [0.4, 0.5) is 5.69 Å². The first-order chi connectivity index (χ1) is 13.3. The molecule has 144 valence electrons. The number of tetrazole rings is 1. The van der Waals surface area contributed by atoms with Gasteiger partial charge in [-0.05, 0) is 42.7 Å². The number of hydrogen-bond donors (Lipinski definition) is 1. The van der Waals surface area contributed by atoms with E-state index in [2.05, 4.69) is 34.6 Å². The Morgan fingerprint density at radius 3 is 2.39 bits per heavy atom. The molecule has 0 radical (unpaired) electrons. The van der Waals surface area contributed by atoms with E-state index in [0.717, 1.165) is 5.56 Å². The highest BCUT2D eigenvalue weighted by Crippen LogP contribution is 2.20. The SMILES string of the molecule is CC(=O)c1cccc(NC(=O)[C@H](C)n2nnc(-c3ccc(C(C)C)cc3)n2)c1. The maximum absolute atomic E-state index is 12.5. The molecule has 0 aliphatic carbocycles. The first-order valence-corrected chi connectivity index (χ1v) is 9.17. The van der Waals surface area contributed by atoms with Gasteiger partial charge in [-0.15, -0.1) is 10.2 Å². The molecule has 0 aliphatic rings. The van der Waals surface area contributed by atoms with Gasteiger partial charge in [-0.3, -0.25) is 9.59 Å². The van der Waals surface area contributed by atoms with E-state index in [1.807, 2.05) is 24.3 Å². The number of anilines is 1. The molecule has 1 atom stereocenters. The average molecular weight is 377 g/mol. The van der Waals surface area contributed by atoms with Gasteiger partial charge in [0.15, 0.2) is 5.78 Å². The molecular formula is C21H23N5O2. The van der Waals surface area contributed by atoms with Crippen molar-refractivity contribution in [1.29, 1.82) is 0 Å². The van der Waals surface area contributed by atoms with Crippen molar-refractivity contribution < 1.29 is 9.59 Å². The molecule has 0 spiro atoms. The summed E-state index contributed by atoms with van der Waals surface area (Å²) in [6.45, 7) is 7.45. The van der Waals surface area contributed by atoms with Crippen LogP contribution in [0, 0.1) is 0 Å². The van der Waals surface area contributed by atoms with Crippen LogP contribution < -0.4 is 5.32 Å². The number of carbonyl (C=O) groups excluding carboxylic acids is 2. The Kier molecular flexibility index (Phi) is 5.63. The summed E-state index contributed by atoms with van der Waals surface area (Å²) >= 11 is 0. The third-order valence-corrected chi connectivity index (χ3v) is 4.53. The molecular weight excluding hydrogens is 354 g/mol. The lowest BCUT2D eigenvalue weighted by Gasteiger charge is -2.11. The first kappa shape index (κ1) is 19.4. The molecule has 0 bridgehead atoms. The van der Waals surface area contributed by atoms with Crippen molar-refractivity contribution >= 4 is 17.4 Å². The molecule has 1 heterocycles. The predicted octanol–water partition coefficient (Wildman–Crippen LogP) is 3.87. The first-order valence-electron chi connectivity index (χ1n) is 9.17. The van der Waals surface area contributed by atoms with Crippen LogP contribution >= 0.6 is 0 Å². The molecule has 0 saturated heterocycles. The van der Waals surface area contributed by atoms with Gasteiger partial charge in [-0.2, -0.15) is 4.80 Å².